The maximum atomic E-state index is 7.44. The summed E-state index contributed by atoms with van der Waals surface area (Å²) in [7, 11) is 0. The zero-order valence-corrected chi connectivity index (χ0v) is 11.9. The van der Waals surface area contributed by atoms with Crippen LogP contribution in [-0.4, -0.2) is 28.8 Å². The van der Waals surface area contributed by atoms with Crippen molar-refractivity contribution in [1.82, 2.24) is 9.88 Å². The van der Waals surface area contributed by atoms with Gasteiger partial charge in [0, 0.05) is 12.7 Å². The van der Waals surface area contributed by atoms with Crippen molar-refractivity contribution in [2.45, 2.75) is 39.7 Å². The Balaban J connectivity index is 2.01. The Morgan fingerprint density at radius 2 is 2.21 bits per heavy atom. The molecule has 0 radical (unpaired) electrons. The summed E-state index contributed by atoms with van der Waals surface area (Å²) >= 11 is 0. The van der Waals surface area contributed by atoms with Gasteiger partial charge in [-0.2, -0.15) is 0 Å². The fourth-order valence-electron chi connectivity index (χ4n) is 2.62. The number of hydrogen-bond acceptors (Lipinski definition) is 3. The number of rotatable bonds is 3. The summed E-state index contributed by atoms with van der Waals surface area (Å²) in [6, 6.07) is 3.95. The molecule has 0 amide bonds. The van der Waals surface area contributed by atoms with E-state index in [1.165, 1.54) is 24.8 Å². The first kappa shape index (κ1) is 14.0. The number of hydrogen-bond donors (Lipinski definition) is 2. The zero-order chi connectivity index (χ0) is 13.9. The van der Waals surface area contributed by atoms with Gasteiger partial charge in [-0.15, -0.1) is 0 Å². The molecule has 1 aromatic heterocycles. The van der Waals surface area contributed by atoms with Crippen LogP contribution in [0.2, 0.25) is 0 Å². The molecule has 0 saturated carbocycles. The van der Waals surface area contributed by atoms with E-state index in [1.54, 1.807) is 6.20 Å². The van der Waals surface area contributed by atoms with Gasteiger partial charge in [0.25, 0.3) is 0 Å². The molecule has 0 aromatic carbocycles. The Kier molecular flexibility index (Phi) is 4.20. The molecule has 0 aliphatic carbocycles. The summed E-state index contributed by atoms with van der Waals surface area (Å²) in [4.78, 5) is 6.60. The minimum Gasteiger partial charge on any atom is -0.382 e. The fraction of sp³-hybridized carbons (Fsp3) is 0.600. The highest BCUT2D eigenvalue weighted by atomic mass is 15.1. The number of nitrogens with zero attached hydrogens (tertiary/aromatic N) is 2. The highest BCUT2D eigenvalue weighted by Gasteiger charge is 2.22. The lowest BCUT2D eigenvalue weighted by Crippen LogP contribution is -2.25. The minimum absolute atomic E-state index is 0.0406. The third kappa shape index (κ3) is 4.03. The van der Waals surface area contributed by atoms with E-state index in [4.69, 9.17) is 11.1 Å². The summed E-state index contributed by atoms with van der Waals surface area (Å²) in [6.07, 6.45) is 5.56. The van der Waals surface area contributed by atoms with Gasteiger partial charge in [-0.3, -0.25) is 15.3 Å². The second kappa shape index (κ2) is 5.70. The van der Waals surface area contributed by atoms with Gasteiger partial charge in [-0.1, -0.05) is 13.8 Å². The number of nitrogens with one attached hydrogen (secondary N) is 1. The predicted octanol–water partition coefficient (Wildman–Crippen LogP) is 2.38. The maximum Gasteiger partial charge on any atom is 0.141 e. The lowest BCUT2D eigenvalue weighted by Gasteiger charge is -2.23. The van der Waals surface area contributed by atoms with Gasteiger partial charge in [-0.05, 0) is 55.5 Å². The van der Waals surface area contributed by atoms with Crippen LogP contribution >= 0.6 is 0 Å². The molecule has 1 aromatic rings. The van der Waals surface area contributed by atoms with Crippen LogP contribution in [0.1, 0.15) is 44.4 Å². The molecule has 0 atom stereocenters. The smallest absolute Gasteiger partial charge is 0.141 e. The summed E-state index contributed by atoms with van der Waals surface area (Å²) in [5, 5.41) is 7.44. The van der Waals surface area contributed by atoms with Crippen LogP contribution in [0.5, 0.6) is 0 Å². The molecule has 0 bridgehead atoms. The van der Waals surface area contributed by atoms with Gasteiger partial charge in [0.1, 0.15) is 11.5 Å². The normalized spacial score (nSPS) is 19.9. The molecular formula is C15H24N4. The van der Waals surface area contributed by atoms with Gasteiger partial charge in [0.2, 0.25) is 0 Å². The van der Waals surface area contributed by atoms with Crippen molar-refractivity contribution in [2.24, 2.45) is 11.1 Å². The Morgan fingerprint density at radius 3 is 2.95 bits per heavy atom. The van der Waals surface area contributed by atoms with E-state index < -0.39 is 0 Å². The molecular weight excluding hydrogens is 236 g/mol. The number of pyridine rings is 1. The van der Waals surface area contributed by atoms with Crippen LogP contribution in [0.3, 0.4) is 0 Å². The Labute approximate surface area is 115 Å². The molecule has 104 valence electrons. The molecule has 3 N–H and O–H groups in total. The van der Waals surface area contributed by atoms with Crippen LogP contribution in [0.4, 0.5) is 0 Å². The standard InChI is InChI=1S/C15H24N4/c1-15(2)5-3-8-19(9-6-15)11-12-4-7-18-13(10-12)14(16)17/h4,7,10H,3,5-6,8-9,11H2,1-2H3,(H3,16,17). The molecule has 0 unspecified atom stereocenters. The van der Waals surface area contributed by atoms with E-state index in [1.807, 2.05) is 12.1 Å². The van der Waals surface area contributed by atoms with Crippen molar-refractivity contribution in [2.75, 3.05) is 13.1 Å². The van der Waals surface area contributed by atoms with Crippen molar-refractivity contribution in [3.63, 3.8) is 0 Å². The largest absolute Gasteiger partial charge is 0.382 e. The third-order valence-electron chi connectivity index (χ3n) is 3.94. The Bertz CT molecular complexity index is 453. The van der Waals surface area contributed by atoms with Gasteiger partial charge >= 0.3 is 0 Å². The summed E-state index contributed by atoms with van der Waals surface area (Å²) in [5.41, 5.74) is 7.72. The Morgan fingerprint density at radius 1 is 1.42 bits per heavy atom. The number of nitrogen functional groups attached to an aromatic ring is 1. The second-order valence-electron chi connectivity index (χ2n) is 6.26. The van der Waals surface area contributed by atoms with Crippen LogP contribution in [-0.2, 0) is 6.54 Å². The monoisotopic (exact) mass is 260 g/mol. The molecule has 1 aliphatic heterocycles. The first-order valence-corrected chi connectivity index (χ1v) is 6.98. The molecule has 2 heterocycles. The summed E-state index contributed by atoms with van der Waals surface area (Å²) < 4.78 is 0. The van der Waals surface area contributed by atoms with Gasteiger partial charge in [0.05, 0.1) is 0 Å². The quantitative estimate of drug-likeness (QED) is 0.647. The van der Waals surface area contributed by atoms with E-state index in [0.29, 0.717) is 11.1 Å². The average Bonchev–Trinajstić information content (AvgIpc) is 2.51. The van der Waals surface area contributed by atoms with E-state index in [0.717, 1.165) is 19.6 Å². The van der Waals surface area contributed by atoms with E-state index in [9.17, 15) is 0 Å². The molecule has 4 heteroatoms. The van der Waals surface area contributed by atoms with Crippen molar-refractivity contribution >= 4 is 5.84 Å². The van der Waals surface area contributed by atoms with Gasteiger partial charge in [0.15, 0.2) is 0 Å². The van der Waals surface area contributed by atoms with E-state index in [2.05, 4.69) is 23.7 Å². The number of likely N-dealkylation sites (tertiary alicyclic amines) is 1. The molecule has 1 aliphatic rings. The molecule has 0 spiro atoms. The molecule has 19 heavy (non-hydrogen) atoms. The van der Waals surface area contributed by atoms with E-state index >= 15 is 0 Å². The highest BCUT2D eigenvalue weighted by molar-refractivity contribution is 5.93. The lowest BCUT2D eigenvalue weighted by atomic mass is 9.85. The van der Waals surface area contributed by atoms with Crippen molar-refractivity contribution < 1.29 is 0 Å². The SMILES string of the molecule is CC1(C)CCCN(Cc2ccnc(C(=N)N)c2)CC1. The minimum atomic E-state index is 0.0406. The van der Waals surface area contributed by atoms with Gasteiger partial charge < -0.3 is 5.73 Å². The molecule has 4 nitrogen and oxygen atoms in total. The van der Waals surface area contributed by atoms with Crippen LogP contribution < -0.4 is 5.73 Å². The number of nitrogens with two attached hydrogens (primary N) is 1. The van der Waals surface area contributed by atoms with Crippen molar-refractivity contribution in [1.29, 1.82) is 5.41 Å². The molecule has 1 fully saturated rings. The number of aromatic nitrogens is 1. The predicted molar refractivity (Wildman–Crippen MR) is 78.2 cm³/mol. The zero-order valence-electron chi connectivity index (χ0n) is 11.9. The topological polar surface area (TPSA) is 66.0 Å². The first-order valence-electron chi connectivity index (χ1n) is 6.98. The third-order valence-corrected chi connectivity index (χ3v) is 3.94. The average molecular weight is 260 g/mol. The molecule has 1 saturated heterocycles. The maximum absolute atomic E-state index is 7.44. The Hall–Kier alpha value is -1.42. The van der Waals surface area contributed by atoms with E-state index in [-0.39, 0.29) is 5.84 Å². The van der Waals surface area contributed by atoms with Crippen LogP contribution in [0.25, 0.3) is 0 Å². The summed E-state index contributed by atoms with van der Waals surface area (Å²) in [5.74, 6) is 0.0406. The van der Waals surface area contributed by atoms with Gasteiger partial charge in [-0.25, -0.2) is 0 Å². The second-order valence-corrected chi connectivity index (χ2v) is 6.26. The molecule has 2 rings (SSSR count). The summed E-state index contributed by atoms with van der Waals surface area (Å²) in [6.45, 7) is 7.94. The number of amidine groups is 1. The highest BCUT2D eigenvalue weighted by Crippen LogP contribution is 2.30. The first-order chi connectivity index (χ1) is 8.96. The van der Waals surface area contributed by atoms with Crippen LogP contribution in [0, 0.1) is 10.8 Å². The van der Waals surface area contributed by atoms with Crippen LogP contribution in [0.15, 0.2) is 18.3 Å². The lowest BCUT2D eigenvalue weighted by molar-refractivity contribution is 0.256. The fourth-order valence-corrected chi connectivity index (χ4v) is 2.62. The van der Waals surface area contributed by atoms with Crippen molar-refractivity contribution in [3.8, 4) is 0 Å². The van der Waals surface area contributed by atoms with Crippen molar-refractivity contribution in [3.05, 3.63) is 29.6 Å².